The molecule has 7 heteroatoms. The summed E-state index contributed by atoms with van der Waals surface area (Å²) in [6.07, 6.45) is 2.48. The normalized spacial score (nSPS) is 12.1. The van der Waals surface area contributed by atoms with Gasteiger partial charge in [0.15, 0.2) is 0 Å². The molecule has 1 N–H and O–H groups in total. The van der Waals surface area contributed by atoms with E-state index in [4.69, 9.17) is 0 Å². The molecule has 6 nitrogen and oxygen atoms in total. The zero-order valence-electron chi connectivity index (χ0n) is 12.6. The molecule has 0 unspecified atom stereocenters. The third-order valence-corrected chi connectivity index (χ3v) is 4.71. The van der Waals surface area contributed by atoms with Gasteiger partial charge < -0.3 is 10.2 Å². The first-order chi connectivity index (χ1) is 9.37. The average Bonchev–Trinajstić information content (AvgIpc) is 2.42. The summed E-state index contributed by atoms with van der Waals surface area (Å²) in [4.78, 5) is 6.34. The van der Waals surface area contributed by atoms with Crippen molar-refractivity contribution in [3.05, 3.63) is 18.3 Å². The van der Waals surface area contributed by atoms with Gasteiger partial charge in [0.05, 0.1) is 4.90 Å². The van der Waals surface area contributed by atoms with E-state index in [-0.39, 0.29) is 4.90 Å². The van der Waals surface area contributed by atoms with Crippen LogP contribution in [0.25, 0.3) is 0 Å². The van der Waals surface area contributed by atoms with Crippen LogP contribution < -0.4 is 5.32 Å². The molecular formula is C13H24N4O2S. The smallest absolute Gasteiger partial charge is 0.243 e. The van der Waals surface area contributed by atoms with E-state index in [2.05, 4.69) is 10.3 Å². The zero-order chi connectivity index (χ0) is 15.2. The van der Waals surface area contributed by atoms with Crippen LogP contribution in [0.2, 0.25) is 0 Å². The molecule has 1 heterocycles. The molecule has 20 heavy (non-hydrogen) atoms. The van der Waals surface area contributed by atoms with Crippen LogP contribution in [0.5, 0.6) is 0 Å². The summed E-state index contributed by atoms with van der Waals surface area (Å²) < 4.78 is 26.2. The lowest BCUT2D eigenvalue weighted by Gasteiger charge is -2.19. The van der Waals surface area contributed by atoms with E-state index in [0.29, 0.717) is 18.9 Å². The highest BCUT2D eigenvalue weighted by atomic mass is 32.2. The summed E-state index contributed by atoms with van der Waals surface area (Å²) in [5, 5.41) is 3.09. The number of hydrogen-bond donors (Lipinski definition) is 1. The molecule has 1 aromatic heterocycles. The fourth-order valence-corrected chi connectivity index (χ4v) is 2.74. The first-order valence-electron chi connectivity index (χ1n) is 6.69. The van der Waals surface area contributed by atoms with Gasteiger partial charge in [-0.3, -0.25) is 0 Å². The number of anilines is 1. The number of rotatable bonds is 8. The molecule has 0 aliphatic rings. The second kappa shape index (κ2) is 7.56. The van der Waals surface area contributed by atoms with Crippen LogP contribution in [0.15, 0.2) is 23.2 Å². The predicted octanol–water partition coefficient (Wildman–Crippen LogP) is 1.09. The molecule has 0 spiro atoms. The molecule has 0 amide bonds. The highest BCUT2D eigenvalue weighted by molar-refractivity contribution is 7.89. The van der Waals surface area contributed by atoms with Crippen molar-refractivity contribution in [1.29, 1.82) is 0 Å². The summed E-state index contributed by atoms with van der Waals surface area (Å²) in [5.41, 5.74) is 0. The summed E-state index contributed by atoms with van der Waals surface area (Å²) >= 11 is 0. The van der Waals surface area contributed by atoms with Crippen molar-refractivity contribution in [3.8, 4) is 0 Å². The standard InChI is InChI=1S/C13H24N4O2S/c1-5-7-14-13-11-12(6-8-15-13)20(18,19)17(4)10-9-16(2)3/h6,8,11H,5,7,9-10H2,1-4H3,(H,14,15). The minimum absolute atomic E-state index is 0.271. The SMILES string of the molecule is CCCNc1cc(S(=O)(=O)N(C)CCN(C)C)ccn1. The quantitative estimate of drug-likeness (QED) is 0.778. The number of likely N-dealkylation sites (N-methyl/N-ethyl adjacent to an activating group) is 2. The zero-order valence-corrected chi connectivity index (χ0v) is 13.4. The number of nitrogens with one attached hydrogen (secondary N) is 1. The van der Waals surface area contributed by atoms with E-state index in [1.54, 1.807) is 13.1 Å². The van der Waals surface area contributed by atoms with Gasteiger partial charge in [0.25, 0.3) is 0 Å². The van der Waals surface area contributed by atoms with Crippen molar-refractivity contribution in [2.24, 2.45) is 0 Å². The van der Waals surface area contributed by atoms with Crippen molar-refractivity contribution in [2.45, 2.75) is 18.2 Å². The lowest BCUT2D eigenvalue weighted by molar-refractivity contribution is 0.358. The Morgan fingerprint density at radius 2 is 1.95 bits per heavy atom. The lowest BCUT2D eigenvalue weighted by Crippen LogP contribution is -2.33. The average molecular weight is 300 g/mol. The van der Waals surface area contributed by atoms with Crippen LogP contribution in [-0.4, -0.2) is 63.4 Å². The third-order valence-electron chi connectivity index (χ3n) is 2.86. The van der Waals surface area contributed by atoms with Crippen LogP contribution in [0.1, 0.15) is 13.3 Å². The Morgan fingerprint density at radius 1 is 1.25 bits per heavy atom. The summed E-state index contributed by atoms with van der Waals surface area (Å²) in [5.74, 6) is 0.592. The molecule has 0 saturated carbocycles. The van der Waals surface area contributed by atoms with Gasteiger partial charge in [-0.05, 0) is 26.6 Å². The van der Waals surface area contributed by atoms with E-state index in [0.717, 1.165) is 13.0 Å². The van der Waals surface area contributed by atoms with Gasteiger partial charge in [0.2, 0.25) is 10.0 Å². The van der Waals surface area contributed by atoms with Crippen molar-refractivity contribution in [2.75, 3.05) is 46.1 Å². The Hall–Kier alpha value is -1.18. The molecule has 0 radical (unpaired) electrons. The fourth-order valence-electron chi connectivity index (χ4n) is 1.56. The number of sulfonamides is 1. The maximum atomic E-state index is 12.4. The maximum absolute atomic E-state index is 12.4. The van der Waals surface area contributed by atoms with Crippen LogP contribution >= 0.6 is 0 Å². The number of pyridine rings is 1. The second-order valence-electron chi connectivity index (χ2n) is 4.93. The van der Waals surface area contributed by atoms with Gasteiger partial charge in [-0.1, -0.05) is 6.92 Å². The van der Waals surface area contributed by atoms with Crippen LogP contribution in [0, 0.1) is 0 Å². The molecule has 1 aromatic rings. The number of hydrogen-bond acceptors (Lipinski definition) is 5. The predicted molar refractivity (Wildman–Crippen MR) is 81.4 cm³/mol. The van der Waals surface area contributed by atoms with Gasteiger partial charge in [-0.15, -0.1) is 0 Å². The highest BCUT2D eigenvalue weighted by Gasteiger charge is 2.21. The van der Waals surface area contributed by atoms with Crippen molar-refractivity contribution in [1.82, 2.24) is 14.2 Å². The Morgan fingerprint density at radius 3 is 2.55 bits per heavy atom. The van der Waals surface area contributed by atoms with Gasteiger partial charge >= 0.3 is 0 Å². The van der Waals surface area contributed by atoms with E-state index in [1.807, 2.05) is 25.9 Å². The molecule has 0 atom stereocenters. The largest absolute Gasteiger partial charge is 0.370 e. The first kappa shape index (κ1) is 16.9. The van der Waals surface area contributed by atoms with Gasteiger partial charge in [-0.2, -0.15) is 4.31 Å². The van der Waals surface area contributed by atoms with Crippen molar-refractivity contribution < 1.29 is 8.42 Å². The minimum atomic E-state index is -3.46. The molecule has 0 bridgehead atoms. The summed E-state index contributed by atoms with van der Waals surface area (Å²) in [7, 11) is 1.97. The summed E-state index contributed by atoms with van der Waals surface area (Å²) in [6, 6.07) is 3.11. The van der Waals surface area contributed by atoms with Crippen molar-refractivity contribution in [3.63, 3.8) is 0 Å². The molecule has 0 fully saturated rings. The minimum Gasteiger partial charge on any atom is -0.370 e. The van der Waals surface area contributed by atoms with Gasteiger partial charge in [-0.25, -0.2) is 13.4 Å². The Balaban J connectivity index is 2.85. The van der Waals surface area contributed by atoms with Gasteiger partial charge in [0.1, 0.15) is 5.82 Å². The summed E-state index contributed by atoms with van der Waals surface area (Å²) in [6.45, 7) is 3.95. The third kappa shape index (κ3) is 4.73. The number of nitrogens with zero attached hydrogens (tertiary/aromatic N) is 3. The molecule has 0 aliphatic heterocycles. The molecule has 0 aliphatic carbocycles. The molecule has 0 saturated heterocycles. The molecule has 0 aromatic carbocycles. The molecule has 114 valence electrons. The first-order valence-corrected chi connectivity index (χ1v) is 8.13. The van der Waals surface area contributed by atoms with E-state index in [1.165, 1.54) is 16.6 Å². The van der Waals surface area contributed by atoms with Crippen LogP contribution in [-0.2, 0) is 10.0 Å². The highest BCUT2D eigenvalue weighted by Crippen LogP contribution is 2.16. The number of aromatic nitrogens is 1. The van der Waals surface area contributed by atoms with E-state index in [9.17, 15) is 8.42 Å². The fraction of sp³-hybridized carbons (Fsp3) is 0.615. The van der Waals surface area contributed by atoms with Crippen molar-refractivity contribution >= 4 is 15.8 Å². The van der Waals surface area contributed by atoms with Gasteiger partial charge in [0, 0.05) is 38.9 Å². The maximum Gasteiger partial charge on any atom is 0.243 e. The van der Waals surface area contributed by atoms with E-state index < -0.39 is 10.0 Å². The molecular weight excluding hydrogens is 276 g/mol. The van der Waals surface area contributed by atoms with E-state index >= 15 is 0 Å². The van der Waals surface area contributed by atoms with Crippen LogP contribution in [0.3, 0.4) is 0 Å². The van der Waals surface area contributed by atoms with Crippen LogP contribution in [0.4, 0.5) is 5.82 Å². The Labute approximate surface area is 121 Å². The Bertz CT molecular complexity index is 517. The Kier molecular flexibility index (Phi) is 6.38. The topological polar surface area (TPSA) is 65.5 Å². The lowest BCUT2D eigenvalue weighted by atomic mass is 10.4. The monoisotopic (exact) mass is 300 g/mol. The molecule has 1 rings (SSSR count). The second-order valence-corrected chi connectivity index (χ2v) is 6.98.